The zero-order valence-electron chi connectivity index (χ0n) is 10.6. The van der Waals surface area contributed by atoms with E-state index in [9.17, 15) is 5.11 Å². The van der Waals surface area contributed by atoms with Gasteiger partial charge in [-0.3, -0.25) is 0 Å². The highest BCUT2D eigenvalue weighted by Gasteiger charge is 2.28. The lowest BCUT2D eigenvalue weighted by atomic mass is 9.94. The first-order chi connectivity index (χ1) is 9.13. The molecule has 0 amide bonds. The van der Waals surface area contributed by atoms with Crippen molar-refractivity contribution in [2.24, 2.45) is 0 Å². The Morgan fingerprint density at radius 1 is 1.16 bits per heavy atom. The zero-order chi connectivity index (χ0) is 13.4. The summed E-state index contributed by atoms with van der Waals surface area (Å²) in [5.74, 6) is 0.716. The van der Waals surface area contributed by atoms with E-state index in [-0.39, 0.29) is 6.10 Å². The lowest BCUT2D eigenvalue weighted by Crippen LogP contribution is -2.19. The molecule has 1 aliphatic rings. The van der Waals surface area contributed by atoms with Crippen LogP contribution in [0.25, 0.3) is 0 Å². The van der Waals surface area contributed by atoms with Crippen LogP contribution in [0.5, 0.6) is 5.75 Å². The maximum atomic E-state index is 10.2. The van der Waals surface area contributed by atoms with Crippen molar-refractivity contribution >= 4 is 11.6 Å². The van der Waals surface area contributed by atoms with Crippen LogP contribution in [0.3, 0.4) is 0 Å². The molecule has 2 atom stereocenters. The van der Waals surface area contributed by atoms with Crippen LogP contribution in [0.2, 0.25) is 5.02 Å². The highest BCUT2D eigenvalue weighted by molar-refractivity contribution is 6.30. The number of benzene rings is 2. The molecule has 1 aliphatic heterocycles. The van der Waals surface area contributed by atoms with Gasteiger partial charge in [0, 0.05) is 17.0 Å². The second-order valence-electron chi connectivity index (χ2n) is 4.95. The molecule has 0 saturated carbocycles. The van der Waals surface area contributed by atoms with E-state index < -0.39 is 6.10 Å². The van der Waals surface area contributed by atoms with Crippen LogP contribution in [0.15, 0.2) is 42.5 Å². The molecule has 0 bridgehead atoms. The highest BCUT2D eigenvalue weighted by Crippen LogP contribution is 2.41. The molecule has 0 aliphatic carbocycles. The van der Waals surface area contributed by atoms with Gasteiger partial charge in [-0.2, -0.15) is 0 Å². The Morgan fingerprint density at radius 2 is 1.89 bits per heavy atom. The number of hydrogen-bond acceptors (Lipinski definition) is 2. The van der Waals surface area contributed by atoms with Gasteiger partial charge in [0.1, 0.15) is 11.9 Å². The maximum Gasteiger partial charge on any atom is 0.127 e. The fourth-order valence-corrected chi connectivity index (χ4v) is 2.58. The topological polar surface area (TPSA) is 29.5 Å². The predicted molar refractivity (Wildman–Crippen MR) is 75.6 cm³/mol. The monoisotopic (exact) mass is 274 g/mol. The van der Waals surface area contributed by atoms with Crippen molar-refractivity contribution < 1.29 is 9.84 Å². The summed E-state index contributed by atoms with van der Waals surface area (Å²) >= 11 is 5.95. The quantitative estimate of drug-likeness (QED) is 0.844. The molecular weight excluding hydrogens is 260 g/mol. The van der Waals surface area contributed by atoms with Crippen molar-refractivity contribution in [3.63, 3.8) is 0 Å². The van der Waals surface area contributed by atoms with Gasteiger partial charge in [-0.15, -0.1) is 0 Å². The SMILES string of the molecule is Cc1ccc(C2CC(O)c3cc(Cl)ccc3O2)cc1. The largest absolute Gasteiger partial charge is 0.485 e. The number of halogens is 1. The summed E-state index contributed by atoms with van der Waals surface area (Å²) in [7, 11) is 0. The Hall–Kier alpha value is -1.51. The number of aliphatic hydroxyl groups is 1. The zero-order valence-corrected chi connectivity index (χ0v) is 11.4. The second-order valence-corrected chi connectivity index (χ2v) is 5.39. The average molecular weight is 275 g/mol. The summed E-state index contributed by atoms with van der Waals surface area (Å²) in [5, 5.41) is 10.9. The second kappa shape index (κ2) is 4.87. The fraction of sp³-hybridized carbons (Fsp3) is 0.250. The Balaban J connectivity index is 1.92. The standard InChI is InChI=1S/C16H15ClO2/c1-10-2-4-11(5-3-10)16-9-14(18)13-8-12(17)6-7-15(13)19-16/h2-8,14,16,18H,9H2,1H3. The van der Waals surface area contributed by atoms with Gasteiger partial charge in [0.05, 0.1) is 6.10 Å². The van der Waals surface area contributed by atoms with E-state index >= 15 is 0 Å². The third-order valence-electron chi connectivity index (χ3n) is 3.49. The smallest absolute Gasteiger partial charge is 0.127 e. The predicted octanol–water partition coefficient (Wildman–Crippen LogP) is 4.21. The molecule has 1 N–H and O–H groups in total. The number of rotatable bonds is 1. The molecule has 98 valence electrons. The van der Waals surface area contributed by atoms with Crippen molar-refractivity contribution in [2.75, 3.05) is 0 Å². The van der Waals surface area contributed by atoms with E-state index in [1.165, 1.54) is 5.56 Å². The molecule has 0 aromatic heterocycles. The summed E-state index contributed by atoms with van der Waals surface area (Å²) in [5.41, 5.74) is 3.08. The van der Waals surface area contributed by atoms with Crippen molar-refractivity contribution in [3.05, 3.63) is 64.2 Å². The van der Waals surface area contributed by atoms with Crippen molar-refractivity contribution in [1.29, 1.82) is 0 Å². The lowest BCUT2D eigenvalue weighted by Gasteiger charge is -2.30. The first-order valence-corrected chi connectivity index (χ1v) is 6.72. The number of ether oxygens (including phenoxy) is 1. The third-order valence-corrected chi connectivity index (χ3v) is 3.72. The van der Waals surface area contributed by atoms with Crippen molar-refractivity contribution in [2.45, 2.75) is 25.6 Å². The Bertz CT molecular complexity index is 592. The summed E-state index contributed by atoms with van der Waals surface area (Å²) in [6.45, 7) is 2.05. The van der Waals surface area contributed by atoms with Crippen LogP contribution in [0.4, 0.5) is 0 Å². The van der Waals surface area contributed by atoms with Crippen LogP contribution in [0, 0.1) is 6.92 Å². The molecule has 0 spiro atoms. The molecular formula is C16H15ClO2. The van der Waals surface area contributed by atoms with Gasteiger partial charge in [-0.25, -0.2) is 0 Å². The molecule has 3 rings (SSSR count). The molecule has 2 unspecified atom stereocenters. The van der Waals surface area contributed by atoms with E-state index in [2.05, 4.69) is 19.1 Å². The van der Waals surface area contributed by atoms with E-state index in [1.54, 1.807) is 12.1 Å². The Labute approximate surface area is 117 Å². The highest BCUT2D eigenvalue weighted by atomic mass is 35.5. The molecule has 2 aromatic carbocycles. The first kappa shape index (κ1) is 12.5. The molecule has 0 fully saturated rings. The minimum atomic E-state index is -0.534. The van der Waals surface area contributed by atoms with Gasteiger partial charge >= 0.3 is 0 Å². The van der Waals surface area contributed by atoms with Gasteiger partial charge < -0.3 is 9.84 Å². The van der Waals surface area contributed by atoms with Gasteiger partial charge in [0.15, 0.2) is 0 Å². The summed E-state index contributed by atoms with van der Waals surface area (Å²) in [6.07, 6.45) is -0.0887. The first-order valence-electron chi connectivity index (χ1n) is 6.34. The van der Waals surface area contributed by atoms with E-state index in [0.717, 1.165) is 11.1 Å². The summed E-state index contributed by atoms with van der Waals surface area (Å²) < 4.78 is 5.96. The average Bonchev–Trinajstić information content (AvgIpc) is 2.40. The van der Waals surface area contributed by atoms with Gasteiger partial charge in [-0.1, -0.05) is 41.4 Å². The third kappa shape index (κ3) is 2.46. The maximum absolute atomic E-state index is 10.2. The van der Waals surface area contributed by atoms with Crippen LogP contribution in [-0.2, 0) is 0 Å². The van der Waals surface area contributed by atoms with Gasteiger partial charge in [0.25, 0.3) is 0 Å². The van der Waals surface area contributed by atoms with Crippen LogP contribution < -0.4 is 4.74 Å². The van der Waals surface area contributed by atoms with Gasteiger partial charge in [-0.05, 0) is 30.7 Å². The summed E-state index contributed by atoms with van der Waals surface area (Å²) in [6, 6.07) is 13.6. The number of aliphatic hydroxyl groups excluding tert-OH is 1. The summed E-state index contributed by atoms with van der Waals surface area (Å²) in [4.78, 5) is 0. The Morgan fingerprint density at radius 3 is 2.63 bits per heavy atom. The fourth-order valence-electron chi connectivity index (χ4n) is 2.40. The molecule has 1 heterocycles. The molecule has 0 saturated heterocycles. The molecule has 19 heavy (non-hydrogen) atoms. The van der Waals surface area contributed by atoms with Crippen molar-refractivity contribution in [1.82, 2.24) is 0 Å². The van der Waals surface area contributed by atoms with Crippen LogP contribution in [0.1, 0.15) is 35.3 Å². The van der Waals surface area contributed by atoms with E-state index in [4.69, 9.17) is 16.3 Å². The molecule has 3 heteroatoms. The van der Waals surface area contributed by atoms with Crippen LogP contribution in [-0.4, -0.2) is 5.11 Å². The minimum absolute atomic E-state index is 0.107. The van der Waals surface area contributed by atoms with E-state index in [1.807, 2.05) is 18.2 Å². The van der Waals surface area contributed by atoms with Crippen molar-refractivity contribution in [3.8, 4) is 5.75 Å². The molecule has 2 aromatic rings. The minimum Gasteiger partial charge on any atom is -0.485 e. The Kier molecular flexibility index (Phi) is 3.21. The van der Waals surface area contributed by atoms with Gasteiger partial charge in [0.2, 0.25) is 0 Å². The number of fused-ring (bicyclic) bond motifs is 1. The molecule has 2 nitrogen and oxygen atoms in total. The molecule has 0 radical (unpaired) electrons. The number of aryl methyl sites for hydroxylation is 1. The van der Waals surface area contributed by atoms with Crippen LogP contribution >= 0.6 is 11.6 Å². The number of hydrogen-bond donors (Lipinski definition) is 1. The normalized spacial score (nSPS) is 21.6. The van der Waals surface area contributed by atoms with E-state index in [0.29, 0.717) is 17.2 Å². The lowest BCUT2D eigenvalue weighted by molar-refractivity contribution is 0.0657.